The maximum absolute atomic E-state index is 12.6. The maximum Gasteiger partial charge on any atom is 0.240 e. The monoisotopic (exact) mass is 407 g/mol. The van der Waals surface area contributed by atoms with Gasteiger partial charge in [-0.2, -0.15) is 4.98 Å². The van der Waals surface area contributed by atoms with E-state index in [0.717, 1.165) is 31.9 Å². The lowest BCUT2D eigenvalue weighted by molar-refractivity contribution is -0.117. The van der Waals surface area contributed by atoms with Crippen LogP contribution >= 0.6 is 0 Å². The van der Waals surface area contributed by atoms with Crippen molar-refractivity contribution in [1.82, 2.24) is 19.9 Å². The van der Waals surface area contributed by atoms with Crippen molar-refractivity contribution < 1.29 is 14.1 Å². The van der Waals surface area contributed by atoms with Gasteiger partial charge in [-0.05, 0) is 31.2 Å². The minimum absolute atomic E-state index is 0.0555. The highest BCUT2D eigenvalue weighted by Gasteiger charge is 2.21. The molecule has 1 fully saturated rings. The number of piperazine rings is 1. The van der Waals surface area contributed by atoms with Crippen molar-refractivity contribution in [2.75, 3.05) is 38.0 Å². The summed E-state index contributed by atoms with van der Waals surface area (Å²) in [6, 6.07) is 17.0. The number of aryl methyl sites for hydroxylation is 1. The van der Waals surface area contributed by atoms with E-state index in [1.54, 1.807) is 0 Å². The zero-order valence-corrected chi connectivity index (χ0v) is 17.0. The fourth-order valence-electron chi connectivity index (χ4n) is 3.37. The van der Waals surface area contributed by atoms with E-state index in [9.17, 15) is 4.79 Å². The van der Waals surface area contributed by atoms with Gasteiger partial charge in [0, 0.05) is 26.2 Å². The first kappa shape index (κ1) is 20.1. The molecule has 0 atom stereocenters. The zero-order chi connectivity index (χ0) is 20.8. The molecule has 1 aliphatic rings. The number of benzene rings is 2. The summed E-state index contributed by atoms with van der Waals surface area (Å²) in [5, 5.41) is 6.80. The van der Waals surface area contributed by atoms with Crippen LogP contribution in [0.5, 0.6) is 11.5 Å². The smallest absolute Gasteiger partial charge is 0.240 e. The van der Waals surface area contributed by atoms with Crippen LogP contribution in [0.3, 0.4) is 0 Å². The van der Waals surface area contributed by atoms with Crippen LogP contribution in [0.2, 0.25) is 0 Å². The van der Waals surface area contributed by atoms with E-state index in [1.165, 1.54) is 0 Å². The number of hydrogen-bond acceptors (Lipinski definition) is 7. The molecular weight excluding hydrogens is 382 g/mol. The fourth-order valence-corrected chi connectivity index (χ4v) is 3.37. The summed E-state index contributed by atoms with van der Waals surface area (Å²) in [6.07, 6.45) is 0. The van der Waals surface area contributed by atoms with Crippen LogP contribution in [0.15, 0.2) is 59.1 Å². The van der Waals surface area contributed by atoms with Crippen LogP contribution in [0.4, 0.5) is 5.69 Å². The highest BCUT2D eigenvalue weighted by molar-refractivity contribution is 5.93. The molecule has 1 N–H and O–H groups in total. The van der Waals surface area contributed by atoms with Gasteiger partial charge in [-0.25, -0.2) is 0 Å². The summed E-state index contributed by atoms with van der Waals surface area (Å²) < 4.78 is 11.1. The van der Waals surface area contributed by atoms with Crippen molar-refractivity contribution in [3.05, 3.63) is 66.3 Å². The summed E-state index contributed by atoms with van der Waals surface area (Å²) in [5.74, 6) is 2.58. The third-order valence-electron chi connectivity index (χ3n) is 4.89. The van der Waals surface area contributed by atoms with Crippen molar-refractivity contribution in [1.29, 1.82) is 0 Å². The molecule has 8 heteroatoms. The second kappa shape index (κ2) is 9.51. The van der Waals surface area contributed by atoms with Crippen molar-refractivity contribution in [3.8, 4) is 11.5 Å². The van der Waals surface area contributed by atoms with Gasteiger partial charge < -0.3 is 14.6 Å². The lowest BCUT2D eigenvalue weighted by Gasteiger charge is -2.33. The highest BCUT2D eigenvalue weighted by atomic mass is 16.5. The van der Waals surface area contributed by atoms with E-state index in [4.69, 9.17) is 9.26 Å². The largest absolute Gasteiger partial charge is 0.455 e. The lowest BCUT2D eigenvalue weighted by Crippen LogP contribution is -2.48. The number of nitrogens with one attached hydrogen (secondary N) is 1. The fraction of sp³-hybridized carbons (Fsp3) is 0.318. The maximum atomic E-state index is 12.6. The number of rotatable bonds is 7. The number of aromatic nitrogens is 2. The lowest BCUT2D eigenvalue weighted by atomic mass is 10.2. The zero-order valence-electron chi connectivity index (χ0n) is 17.0. The summed E-state index contributed by atoms with van der Waals surface area (Å²) in [7, 11) is 0. The second-order valence-electron chi connectivity index (χ2n) is 7.25. The Morgan fingerprint density at radius 1 is 1.03 bits per heavy atom. The van der Waals surface area contributed by atoms with Crippen LogP contribution in [-0.2, 0) is 11.3 Å². The first-order valence-electron chi connectivity index (χ1n) is 10.0. The molecule has 4 rings (SSSR count). The Morgan fingerprint density at radius 2 is 1.73 bits per heavy atom. The average molecular weight is 407 g/mol. The number of nitrogens with zero attached hydrogens (tertiary/aromatic N) is 4. The van der Waals surface area contributed by atoms with E-state index in [2.05, 4.69) is 25.3 Å². The molecule has 1 aliphatic heterocycles. The van der Waals surface area contributed by atoms with Crippen molar-refractivity contribution in [2.45, 2.75) is 13.5 Å². The number of hydrogen-bond donors (Lipinski definition) is 1. The first-order valence-corrected chi connectivity index (χ1v) is 10.0. The van der Waals surface area contributed by atoms with E-state index < -0.39 is 0 Å². The Balaban J connectivity index is 1.27. The number of anilines is 1. The Kier molecular flexibility index (Phi) is 6.36. The third-order valence-corrected chi connectivity index (χ3v) is 4.89. The van der Waals surface area contributed by atoms with Crippen molar-refractivity contribution in [3.63, 3.8) is 0 Å². The molecule has 0 unspecified atom stereocenters. The van der Waals surface area contributed by atoms with Gasteiger partial charge in [0.15, 0.2) is 11.6 Å². The predicted molar refractivity (Wildman–Crippen MR) is 112 cm³/mol. The molecule has 156 valence electrons. The van der Waals surface area contributed by atoms with Crippen molar-refractivity contribution >= 4 is 11.6 Å². The molecule has 1 saturated heterocycles. The van der Waals surface area contributed by atoms with E-state index in [0.29, 0.717) is 36.2 Å². The molecule has 30 heavy (non-hydrogen) atoms. The molecule has 2 aromatic carbocycles. The Hall–Kier alpha value is -3.23. The summed E-state index contributed by atoms with van der Waals surface area (Å²) >= 11 is 0. The quantitative estimate of drug-likeness (QED) is 0.645. The van der Waals surface area contributed by atoms with Crippen LogP contribution < -0.4 is 10.1 Å². The van der Waals surface area contributed by atoms with Crippen LogP contribution in [0.1, 0.15) is 11.7 Å². The molecule has 0 spiro atoms. The SMILES string of the molecule is Cc1noc(CN2CCN(CC(=O)Nc3ccccc3Oc3ccccc3)CC2)n1. The Morgan fingerprint density at radius 3 is 2.47 bits per heavy atom. The minimum Gasteiger partial charge on any atom is -0.455 e. The van der Waals surface area contributed by atoms with Gasteiger partial charge in [0.05, 0.1) is 18.8 Å². The van der Waals surface area contributed by atoms with E-state index in [-0.39, 0.29) is 5.91 Å². The highest BCUT2D eigenvalue weighted by Crippen LogP contribution is 2.29. The number of amides is 1. The normalized spacial score (nSPS) is 15.1. The third kappa shape index (κ3) is 5.43. The van der Waals surface area contributed by atoms with Gasteiger partial charge in [-0.3, -0.25) is 14.6 Å². The van der Waals surface area contributed by atoms with Gasteiger partial charge in [0.25, 0.3) is 0 Å². The summed E-state index contributed by atoms with van der Waals surface area (Å²) in [6.45, 7) is 6.11. The minimum atomic E-state index is -0.0555. The van der Waals surface area contributed by atoms with Gasteiger partial charge in [0.2, 0.25) is 11.8 Å². The molecule has 8 nitrogen and oxygen atoms in total. The molecule has 2 heterocycles. The number of carbonyl (C=O) groups is 1. The molecule has 1 aromatic heterocycles. The topological polar surface area (TPSA) is 83.7 Å². The molecule has 0 saturated carbocycles. The first-order chi connectivity index (χ1) is 14.7. The van der Waals surface area contributed by atoms with E-state index >= 15 is 0 Å². The molecule has 0 aliphatic carbocycles. The van der Waals surface area contributed by atoms with Crippen molar-refractivity contribution in [2.24, 2.45) is 0 Å². The standard InChI is InChI=1S/C22H25N5O3/c1-17-23-22(30-25-17)16-27-13-11-26(12-14-27)15-21(28)24-19-9-5-6-10-20(19)29-18-7-3-2-4-8-18/h2-10H,11-16H2,1H3,(H,24,28). The number of ether oxygens (including phenoxy) is 1. The van der Waals surface area contributed by atoms with Crippen LogP contribution in [0.25, 0.3) is 0 Å². The Bertz CT molecular complexity index is 968. The van der Waals surface area contributed by atoms with Crippen LogP contribution in [-0.4, -0.2) is 58.6 Å². The van der Waals surface area contributed by atoms with Gasteiger partial charge in [0.1, 0.15) is 5.75 Å². The van der Waals surface area contributed by atoms with Gasteiger partial charge >= 0.3 is 0 Å². The number of para-hydroxylation sites is 3. The van der Waals surface area contributed by atoms with Gasteiger partial charge in [-0.1, -0.05) is 35.5 Å². The Labute approximate surface area is 175 Å². The van der Waals surface area contributed by atoms with Crippen LogP contribution in [0, 0.1) is 6.92 Å². The molecule has 3 aromatic rings. The molecule has 0 radical (unpaired) electrons. The van der Waals surface area contributed by atoms with E-state index in [1.807, 2.05) is 61.5 Å². The summed E-state index contributed by atoms with van der Waals surface area (Å²) in [5.41, 5.74) is 0.664. The number of carbonyl (C=O) groups excluding carboxylic acids is 1. The predicted octanol–water partition coefficient (Wildman–Crippen LogP) is 2.93. The summed E-state index contributed by atoms with van der Waals surface area (Å²) in [4.78, 5) is 21.3. The second-order valence-corrected chi connectivity index (χ2v) is 7.25. The average Bonchev–Trinajstić information content (AvgIpc) is 3.16. The molecule has 1 amide bonds. The van der Waals surface area contributed by atoms with Gasteiger partial charge in [-0.15, -0.1) is 0 Å². The molecule has 0 bridgehead atoms. The molecular formula is C22H25N5O3.